The summed E-state index contributed by atoms with van der Waals surface area (Å²) in [5, 5.41) is 3.21. The van der Waals surface area contributed by atoms with Gasteiger partial charge in [-0.05, 0) is 35.4 Å². The van der Waals surface area contributed by atoms with Gasteiger partial charge >= 0.3 is 12.4 Å². The normalized spacial score (nSPS) is 19.9. The molecule has 0 amide bonds. The number of nitrogens with one attached hydrogen (secondary N) is 1. The predicted octanol–water partition coefficient (Wildman–Crippen LogP) is 5.01. The maximum Gasteiger partial charge on any atom is 0.573 e. The van der Waals surface area contributed by atoms with Crippen LogP contribution in [0.3, 0.4) is 0 Å². The van der Waals surface area contributed by atoms with E-state index in [2.05, 4.69) is 30.8 Å². The van der Waals surface area contributed by atoms with Crippen molar-refractivity contribution in [2.75, 3.05) is 6.61 Å². The lowest BCUT2D eigenvalue weighted by atomic mass is 9.84. The van der Waals surface area contributed by atoms with Gasteiger partial charge in [0.05, 0.1) is 0 Å². The molecular weight excluding hydrogens is 403 g/mol. The first-order valence-electron chi connectivity index (χ1n) is 7.05. The van der Waals surface area contributed by atoms with Crippen LogP contribution in [0.4, 0.5) is 13.2 Å². The number of alkyl halides is 3. The van der Waals surface area contributed by atoms with Gasteiger partial charge in [0.1, 0.15) is 12.4 Å². The molecule has 9 heteroatoms. The molecular formula is C16H11BrF3N3O2. The average Bonchev–Trinajstić information content (AvgIpc) is 3.00. The van der Waals surface area contributed by atoms with E-state index in [1.807, 2.05) is 24.3 Å². The van der Waals surface area contributed by atoms with Crippen LogP contribution in [0.1, 0.15) is 11.1 Å². The zero-order valence-electron chi connectivity index (χ0n) is 12.5. The average molecular weight is 414 g/mol. The highest BCUT2D eigenvalue weighted by atomic mass is 79.9. The molecule has 1 unspecified atom stereocenters. The number of aliphatic imine (C=N–C) groups is 1. The van der Waals surface area contributed by atoms with Crippen LogP contribution in [-0.2, 0) is 10.3 Å². The Labute approximate surface area is 149 Å². The van der Waals surface area contributed by atoms with Gasteiger partial charge in [0.25, 0.3) is 0 Å². The van der Waals surface area contributed by atoms with Crippen molar-refractivity contribution in [3.8, 4) is 5.75 Å². The number of nitrogens with zero attached hydrogens (tertiary/aromatic N) is 2. The first-order valence-corrected chi connectivity index (χ1v) is 7.84. The Kier molecular flexibility index (Phi) is 4.51. The molecule has 0 saturated carbocycles. The van der Waals surface area contributed by atoms with Crippen molar-refractivity contribution < 1.29 is 22.6 Å². The number of ether oxygens (including phenoxy) is 2. The van der Waals surface area contributed by atoms with Gasteiger partial charge in [0.15, 0.2) is 5.54 Å². The summed E-state index contributed by atoms with van der Waals surface area (Å²) in [6.45, 7) is 0.0840. The van der Waals surface area contributed by atoms with E-state index in [9.17, 15) is 13.2 Å². The summed E-state index contributed by atoms with van der Waals surface area (Å²) in [5.41, 5.74) is 7.44. The highest BCUT2D eigenvalue weighted by Crippen LogP contribution is 2.39. The topological polar surface area (TPSA) is 67.0 Å². The number of amidine groups is 1. The first kappa shape index (κ1) is 17.4. The van der Waals surface area contributed by atoms with Crippen molar-refractivity contribution in [2.45, 2.75) is 11.9 Å². The Bertz CT molecular complexity index is 824. The van der Waals surface area contributed by atoms with Crippen molar-refractivity contribution in [1.82, 2.24) is 0 Å². The molecule has 25 heavy (non-hydrogen) atoms. The number of hydrogen-bond donors (Lipinski definition) is 1. The minimum absolute atomic E-state index is 0.0840. The third-order valence-electron chi connectivity index (χ3n) is 3.66. The minimum atomic E-state index is -4.75. The molecule has 0 saturated heterocycles. The molecule has 0 spiro atoms. The van der Waals surface area contributed by atoms with Crippen LogP contribution < -0.4 is 4.74 Å². The molecule has 1 heterocycles. The summed E-state index contributed by atoms with van der Waals surface area (Å²) >= 11 is 3.39. The molecule has 2 aromatic rings. The highest BCUT2D eigenvalue weighted by Gasteiger charge is 2.41. The van der Waals surface area contributed by atoms with E-state index in [4.69, 9.17) is 10.3 Å². The fourth-order valence-electron chi connectivity index (χ4n) is 2.59. The van der Waals surface area contributed by atoms with E-state index in [0.717, 1.165) is 10.0 Å². The molecule has 0 aliphatic carbocycles. The van der Waals surface area contributed by atoms with Gasteiger partial charge in [-0.2, -0.15) is 5.53 Å². The van der Waals surface area contributed by atoms with Crippen molar-refractivity contribution >= 4 is 22.0 Å². The Morgan fingerprint density at radius 2 is 1.88 bits per heavy atom. The van der Waals surface area contributed by atoms with Gasteiger partial charge in [0, 0.05) is 4.47 Å². The Morgan fingerprint density at radius 1 is 1.16 bits per heavy atom. The third kappa shape index (κ3) is 3.65. The first-order chi connectivity index (χ1) is 11.8. The van der Waals surface area contributed by atoms with Crippen molar-refractivity contribution in [1.29, 1.82) is 5.53 Å². The highest BCUT2D eigenvalue weighted by molar-refractivity contribution is 9.10. The molecule has 0 fully saturated rings. The number of hydrogen-bond acceptors (Lipinski definition) is 5. The van der Waals surface area contributed by atoms with Gasteiger partial charge in [-0.3, -0.25) is 0 Å². The number of benzene rings is 2. The molecule has 5 nitrogen and oxygen atoms in total. The SMILES string of the molecule is N=NC1=NC(c2ccc(OC(F)(F)F)cc2)(c2cccc(Br)c2)CO1. The van der Waals surface area contributed by atoms with Crippen LogP contribution in [0.5, 0.6) is 5.75 Å². The lowest BCUT2D eigenvalue weighted by molar-refractivity contribution is -0.274. The third-order valence-corrected chi connectivity index (χ3v) is 4.15. The van der Waals surface area contributed by atoms with Gasteiger partial charge in [-0.15, -0.1) is 18.3 Å². The summed E-state index contributed by atoms with van der Waals surface area (Å²) in [7, 11) is 0. The second-order valence-corrected chi connectivity index (χ2v) is 6.15. The number of rotatable bonds is 3. The zero-order valence-corrected chi connectivity index (χ0v) is 14.1. The van der Waals surface area contributed by atoms with Gasteiger partial charge < -0.3 is 9.47 Å². The molecule has 2 aromatic carbocycles. The fraction of sp³-hybridized carbons (Fsp3) is 0.188. The molecule has 1 atom stereocenters. The quantitative estimate of drug-likeness (QED) is 0.718. The zero-order chi connectivity index (χ0) is 18.1. The fourth-order valence-corrected chi connectivity index (χ4v) is 2.99. The second-order valence-electron chi connectivity index (χ2n) is 5.24. The van der Waals surface area contributed by atoms with Gasteiger partial charge in [-0.1, -0.05) is 40.2 Å². The molecule has 1 aliphatic heterocycles. The standard InChI is InChI=1S/C16H11BrF3N3O2/c17-12-3-1-2-11(8-12)15(9-24-14(22-15)23-21)10-4-6-13(7-5-10)25-16(18,19)20/h1-8,21H,9H2. The Balaban J connectivity index is 2.05. The molecule has 0 radical (unpaired) electrons. The van der Waals surface area contributed by atoms with Gasteiger partial charge in [-0.25, -0.2) is 4.99 Å². The molecule has 3 rings (SSSR count). The van der Waals surface area contributed by atoms with Crippen LogP contribution in [0.2, 0.25) is 0 Å². The predicted molar refractivity (Wildman–Crippen MR) is 86.6 cm³/mol. The van der Waals surface area contributed by atoms with E-state index in [1.165, 1.54) is 24.3 Å². The summed E-state index contributed by atoms with van der Waals surface area (Å²) in [4.78, 5) is 4.38. The molecule has 0 aromatic heterocycles. The van der Waals surface area contributed by atoms with Crippen LogP contribution in [-0.4, -0.2) is 19.0 Å². The maximum atomic E-state index is 12.3. The summed E-state index contributed by atoms with van der Waals surface area (Å²) in [6.07, 6.45) is -4.75. The van der Waals surface area contributed by atoms with E-state index in [1.54, 1.807) is 0 Å². The molecule has 130 valence electrons. The number of halogens is 4. The van der Waals surface area contributed by atoms with Crippen molar-refractivity contribution in [3.63, 3.8) is 0 Å². The molecule has 1 N–H and O–H groups in total. The van der Waals surface area contributed by atoms with E-state index < -0.39 is 11.9 Å². The largest absolute Gasteiger partial charge is 0.573 e. The van der Waals surface area contributed by atoms with Crippen LogP contribution in [0.25, 0.3) is 0 Å². The molecule has 1 aliphatic rings. The minimum Gasteiger partial charge on any atom is -0.459 e. The van der Waals surface area contributed by atoms with Gasteiger partial charge in [0.2, 0.25) is 0 Å². The van der Waals surface area contributed by atoms with E-state index in [-0.39, 0.29) is 18.4 Å². The summed E-state index contributed by atoms with van der Waals surface area (Å²) in [6, 6.07) is 12.6. The summed E-state index contributed by atoms with van der Waals surface area (Å²) in [5.74, 6) is -0.325. The van der Waals surface area contributed by atoms with E-state index >= 15 is 0 Å². The Hall–Kier alpha value is -2.42. The summed E-state index contributed by atoms with van der Waals surface area (Å²) < 4.78 is 47.0. The van der Waals surface area contributed by atoms with Crippen molar-refractivity contribution in [3.05, 3.63) is 64.1 Å². The lowest BCUT2D eigenvalue weighted by Gasteiger charge is -2.25. The molecule has 0 bridgehead atoms. The van der Waals surface area contributed by atoms with Crippen LogP contribution >= 0.6 is 15.9 Å². The van der Waals surface area contributed by atoms with Crippen LogP contribution in [0.15, 0.2) is 63.1 Å². The van der Waals surface area contributed by atoms with E-state index in [0.29, 0.717) is 5.56 Å². The smallest absolute Gasteiger partial charge is 0.459 e. The Morgan fingerprint density at radius 3 is 2.44 bits per heavy atom. The lowest BCUT2D eigenvalue weighted by Crippen LogP contribution is -2.27. The second kappa shape index (κ2) is 6.47. The monoisotopic (exact) mass is 413 g/mol. The maximum absolute atomic E-state index is 12.3. The van der Waals surface area contributed by atoms with Crippen LogP contribution in [0, 0.1) is 5.53 Å². The van der Waals surface area contributed by atoms with Crippen molar-refractivity contribution in [2.24, 2.45) is 10.1 Å².